The zero-order chi connectivity index (χ0) is 38.7. The zero-order valence-corrected chi connectivity index (χ0v) is 36.5. The largest absolute Gasteiger partial charge is 0.508 e. The normalized spacial score (nSPS) is 13.8. The van der Waals surface area contributed by atoms with Crippen LogP contribution in [0.2, 0.25) is 0 Å². The minimum Gasteiger partial charge on any atom is -0.508 e. The molecular formula is C50H57IrN6-5. The van der Waals surface area contributed by atoms with E-state index in [1.54, 1.807) is 0 Å². The van der Waals surface area contributed by atoms with Crippen LogP contribution in [0.25, 0.3) is 17.1 Å². The smallest absolute Gasteiger partial charge is 0.0605 e. The average molecular weight is 934 g/mol. The molecule has 0 saturated carbocycles. The summed E-state index contributed by atoms with van der Waals surface area (Å²) in [6.45, 7) is 15.5. The van der Waals surface area contributed by atoms with Crippen LogP contribution in [-0.4, -0.2) is 32.4 Å². The van der Waals surface area contributed by atoms with Gasteiger partial charge in [0.15, 0.2) is 0 Å². The molecular weight excluding hydrogens is 877 g/mol. The molecule has 0 aliphatic carbocycles. The van der Waals surface area contributed by atoms with Gasteiger partial charge in [-0.1, -0.05) is 78.0 Å². The average Bonchev–Trinajstić information content (AvgIpc) is 4.00. The Labute approximate surface area is 356 Å². The number of benzene rings is 4. The molecule has 1 aromatic heterocycles. The SMILES string of the molecule is CC(C)c1cccc(C(C)C)c1-n1c(CCCCCCCc2c[c-]c(N3C=CN(CCCCN4C=CN(c5[c-]cccc5)[CH-]4)[CH-]3)cc2)cnc1-c1[c-]cccc1.[Ir]. The van der Waals surface area contributed by atoms with Crippen LogP contribution in [0.4, 0.5) is 11.4 Å². The number of para-hydroxylation sites is 2. The Hall–Kier alpha value is -4.58. The predicted molar refractivity (Wildman–Crippen MR) is 232 cm³/mol. The molecule has 7 heteroatoms. The quantitative estimate of drug-likeness (QED) is 0.0608. The van der Waals surface area contributed by atoms with Crippen LogP contribution < -0.4 is 9.80 Å². The van der Waals surface area contributed by atoms with E-state index in [-0.39, 0.29) is 20.1 Å². The molecule has 0 spiro atoms. The van der Waals surface area contributed by atoms with Gasteiger partial charge in [0.05, 0.1) is 5.82 Å². The van der Waals surface area contributed by atoms with Gasteiger partial charge in [-0.15, -0.1) is 53.3 Å². The summed E-state index contributed by atoms with van der Waals surface area (Å²) in [7, 11) is 0. The molecule has 2 aliphatic rings. The van der Waals surface area contributed by atoms with Gasteiger partial charge in [-0.2, -0.15) is 67.4 Å². The molecule has 5 aromatic rings. The van der Waals surface area contributed by atoms with Crippen molar-refractivity contribution in [1.82, 2.24) is 19.4 Å². The third-order valence-electron chi connectivity index (χ3n) is 10.8. The Balaban J connectivity index is 0.00000549. The molecule has 0 bridgehead atoms. The Morgan fingerprint density at radius 2 is 1.21 bits per heavy atom. The van der Waals surface area contributed by atoms with Gasteiger partial charge in [-0.25, -0.2) is 0 Å². The fourth-order valence-electron chi connectivity index (χ4n) is 7.71. The summed E-state index contributed by atoms with van der Waals surface area (Å²) in [6.07, 6.45) is 21.1. The monoisotopic (exact) mass is 934 g/mol. The van der Waals surface area contributed by atoms with E-state index in [4.69, 9.17) is 4.98 Å². The molecule has 0 amide bonds. The first kappa shape index (κ1) is 42.0. The number of hydrogen-bond donors (Lipinski definition) is 0. The second-order valence-corrected chi connectivity index (χ2v) is 15.7. The molecule has 2 aliphatic heterocycles. The van der Waals surface area contributed by atoms with Crippen molar-refractivity contribution in [3.05, 3.63) is 170 Å². The molecule has 1 radical (unpaired) electrons. The van der Waals surface area contributed by atoms with E-state index < -0.39 is 0 Å². The summed E-state index contributed by atoms with van der Waals surface area (Å²) in [5.74, 6) is 1.82. The molecule has 0 atom stereocenters. The van der Waals surface area contributed by atoms with Gasteiger partial charge >= 0.3 is 0 Å². The molecule has 57 heavy (non-hydrogen) atoms. The van der Waals surface area contributed by atoms with Gasteiger partial charge in [0.25, 0.3) is 0 Å². The summed E-state index contributed by atoms with van der Waals surface area (Å²) in [5.41, 5.74) is 9.92. The molecule has 0 N–H and O–H groups in total. The van der Waals surface area contributed by atoms with Crippen LogP contribution in [0.15, 0.2) is 116 Å². The van der Waals surface area contributed by atoms with Crippen LogP contribution in [-0.2, 0) is 32.9 Å². The minimum absolute atomic E-state index is 0. The van der Waals surface area contributed by atoms with E-state index in [1.165, 1.54) is 53.8 Å². The first-order valence-electron chi connectivity index (χ1n) is 20.7. The van der Waals surface area contributed by atoms with Gasteiger partial charge < -0.3 is 24.2 Å². The van der Waals surface area contributed by atoms with Crippen LogP contribution in [0.5, 0.6) is 0 Å². The Morgan fingerprint density at radius 3 is 1.79 bits per heavy atom. The van der Waals surface area contributed by atoms with Crippen molar-refractivity contribution in [1.29, 1.82) is 0 Å². The fraction of sp³-hybridized carbons (Fsp3) is 0.340. The summed E-state index contributed by atoms with van der Waals surface area (Å²) < 4.78 is 2.45. The molecule has 3 heterocycles. The van der Waals surface area contributed by atoms with Crippen LogP contribution >= 0.6 is 0 Å². The molecule has 0 unspecified atom stereocenters. The minimum atomic E-state index is 0. The number of hydrogen-bond acceptors (Lipinski definition) is 5. The standard InChI is InChI=1S/C50H57N6.Ir/c1-40(2)47-25-18-26-48(41(3)4)49(47)56-46(37-51-50(56)43-20-11-8-12-21-43)24-13-7-5-6-10-19-42-27-29-45(30-28-42)55-36-34-53(39-55)32-17-16-31-52-33-35-54(38-52)44-22-14-9-15-23-44;/h8-9,11-12,14-15,18,20,22,25-29,33-41H,5-7,10,13,16-17,19,24,31-32H2,1-4H3;/q-5;. The third kappa shape index (κ3) is 10.9. The topological polar surface area (TPSA) is 30.8 Å². The maximum absolute atomic E-state index is 5.01. The maximum atomic E-state index is 5.01. The van der Waals surface area contributed by atoms with Gasteiger partial charge in [-0.05, 0) is 86.5 Å². The van der Waals surface area contributed by atoms with E-state index in [0.717, 1.165) is 68.0 Å². The Morgan fingerprint density at radius 1 is 0.596 bits per heavy atom. The van der Waals surface area contributed by atoms with Gasteiger partial charge in [0.1, 0.15) is 0 Å². The van der Waals surface area contributed by atoms with Gasteiger partial charge in [0.2, 0.25) is 0 Å². The second-order valence-electron chi connectivity index (χ2n) is 15.7. The van der Waals surface area contributed by atoms with E-state index in [2.05, 4.69) is 169 Å². The second kappa shape index (κ2) is 20.7. The Kier molecular flexibility index (Phi) is 15.3. The van der Waals surface area contributed by atoms with Crippen molar-refractivity contribution in [2.24, 2.45) is 0 Å². The number of imidazole rings is 1. The van der Waals surface area contributed by atoms with Crippen molar-refractivity contribution in [3.8, 4) is 17.1 Å². The summed E-state index contributed by atoms with van der Waals surface area (Å²) >= 11 is 0. The van der Waals surface area contributed by atoms with E-state index in [9.17, 15) is 0 Å². The van der Waals surface area contributed by atoms with Crippen molar-refractivity contribution < 1.29 is 20.1 Å². The number of rotatable bonds is 19. The van der Waals surface area contributed by atoms with Crippen LogP contribution in [0.3, 0.4) is 0 Å². The molecule has 6 nitrogen and oxygen atoms in total. The molecule has 4 aromatic carbocycles. The molecule has 7 rings (SSSR count). The first-order valence-corrected chi connectivity index (χ1v) is 20.7. The number of unbranched alkanes of at least 4 members (excludes halogenated alkanes) is 5. The van der Waals surface area contributed by atoms with Gasteiger partial charge in [0, 0.05) is 37.7 Å². The van der Waals surface area contributed by atoms with Crippen molar-refractivity contribution in [2.75, 3.05) is 22.9 Å². The summed E-state index contributed by atoms with van der Waals surface area (Å²) in [6, 6.07) is 40.0. The van der Waals surface area contributed by atoms with E-state index >= 15 is 0 Å². The predicted octanol–water partition coefficient (Wildman–Crippen LogP) is 11.8. The summed E-state index contributed by atoms with van der Waals surface area (Å²) in [4.78, 5) is 13.8. The van der Waals surface area contributed by atoms with Crippen LogP contribution in [0.1, 0.15) is 107 Å². The Bertz CT molecular complexity index is 1990. The number of anilines is 2. The van der Waals surface area contributed by atoms with Crippen molar-refractivity contribution >= 4 is 11.4 Å². The van der Waals surface area contributed by atoms with Crippen LogP contribution in [0, 0.1) is 31.5 Å². The molecule has 301 valence electrons. The number of nitrogens with zero attached hydrogens (tertiary/aromatic N) is 6. The third-order valence-corrected chi connectivity index (χ3v) is 10.8. The fourth-order valence-corrected chi connectivity index (χ4v) is 7.71. The molecule has 0 fully saturated rings. The first-order chi connectivity index (χ1) is 27.4. The van der Waals surface area contributed by atoms with Gasteiger partial charge in [-0.3, -0.25) is 4.98 Å². The van der Waals surface area contributed by atoms with E-state index in [1.807, 2.05) is 30.3 Å². The summed E-state index contributed by atoms with van der Waals surface area (Å²) in [5, 5.41) is 0. The number of aromatic nitrogens is 2. The van der Waals surface area contributed by atoms with E-state index in [0.29, 0.717) is 11.8 Å². The zero-order valence-electron chi connectivity index (χ0n) is 34.1. The van der Waals surface area contributed by atoms with Crippen molar-refractivity contribution in [3.63, 3.8) is 0 Å². The van der Waals surface area contributed by atoms with Crippen molar-refractivity contribution in [2.45, 2.75) is 97.3 Å². The number of aryl methyl sites for hydroxylation is 2. The molecule has 0 saturated heterocycles. The maximum Gasteiger partial charge on any atom is 0.0605 e.